The van der Waals surface area contributed by atoms with E-state index in [0.717, 1.165) is 51.0 Å². The van der Waals surface area contributed by atoms with Gasteiger partial charge in [0.25, 0.3) is 0 Å². The van der Waals surface area contributed by atoms with Gasteiger partial charge in [-0.1, -0.05) is 6.08 Å². The number of nitrogens with one attached hydrogen (secondary N) is 3. The van der Waals surface area contributed by atoms with Gasteiger partial charge in [-0.3, -0.25) is 4.68 Å². The third kappa shape index (κ3) is 4.59. The monoisotopic (exact) mass is 472 g/mol. The van der Waals surface area contributed by atoms with Crippen LogP contribution in [0.15, 0.2) is 42.7 Å². The normalized spacial score (nSPS) is 14.4. The summed E-state index contributed by atoms with van der Waals surface area (Å²) in [4.78, 5) is 22.3. The Hall–Kier alpha value is -3.85. The minimum atomic E-state index is -0.250. The number of aromatic nitrogens is 4. The van der Waals surface area contributed by atoms with Crippen molar-refractivity contribution in [3.05, 3.63) is 54.0 Å². The molecule has 0 atom stereocenters. The summed E-state index contributed by atoms with van der Waals surface area (Å²) in [6, 6.07) is 8.24. The number of carbonyl (C=O) groups excluding carboxylic acids is 1. The highest BCUT2D eigenvalue weighted by molar-refractivity contribution is 5.95. The molecule has 1 aliphatic rings. The first-order valence-electron chi connectivity index (χ1n) is 11.9. The van der Waals surface area contributed by atoms with Crippen LogP contribution >= 0.6 is 0 Å². The molecule has 9 nitrogen and oxygen atoms in total. The van der Waals surface area contributed by atoms with Crippen LogP contribution in [0, 0.1) is 0 Å². The summed E-state index contributed by atoms with van der Waals surface area (Å²) in [5.41, 5.74) is 12.8. The summed E-state index contributed by atoms with van der Waals surface area (Å²) in [5.74, 6) is 0. The van der Waals surface area contributed by atoms with Crippen molar-refractivity contribution in [2.45, 2.75) is 39.3 Å². The number of urea groups is 1. The average molecular weight is 473 g/mol. The number of amides is 2. The zero-order chi connectivity index (χ0) is 24.7. The van der Waals surface area contributed by atoms with Gasteiger partial charge < -0.3 is 26.3 Å². The molecule has 3 aromatic heterocycles. The van der Waals surface area contributed by atoms with Crippen molar-refractivity contribution in [3.8, 4) is 0 Å². The number of carbonyl (C=O) groups is 1. The second-order valence-corrected chi connectivity index (χ2v) is 10.1. The van der Waals surface area contributed by atoms with E-state index in [1.807, 2.05) is 49.7 Å². The Morgan fingerprint density at radius 1 is 1.26 bits per heavy atom. The SMILES string of the molecule is Cn1ncc2cc(Nc3ccnc4[nH]c(C5=CCN(C(=O)NC(C)(C)C)CC5)cc34)cc(CN)c21. The van der Waals surface area contributed by atoms with Gasteiger partial charge in [0.05, 0.1) is 17.4 Å². The van der Waals surface area contributed by atoms with Crippen molar-refractivity contribution in [1.29, 1.82) is 0 Å². The number of pyridine rings is 1. The Bertz CT molecular complexity index is 1440. The smallest absolute Gasteiger partial charge is 0.318 e. The average Bonchev–Trinajstić information content (AvgIpc) is 3.42. The van der Waals surface area contributed by atoms with E-state index in [1.165, 1.54) is 5.57 Å². The zero-order valence-electron chi connectivity index (χ0n) is 20.6. The van der Waals surface area contributed by atoms with Gasteiger partial charge in [0, 0.05) is 60.6 Å². The van der Waals surface area contributed by atoms with Crippen LogP contribution in [0.2, 0.25) is 0 Å². The highest BCUT2D eigenvalue weighted by Crippen LogP contribution is 2.32. The van der Waals surface area contributed by atoms with Crippen LogP contribution in [0.3, 0.4) is 0 Å². The zero-order valence-corrected chi connectivity index (χ0v) is 20.6. The minimum absolute atomic E-state index is 0.0277. The summed E-state index contributed by atoms with van der Waals surface area (Å²) in [6.45, 7) is 7.66. The first-order valence-corrected chi connectivity index (χ1v) is 11.9. The van der Waals surface area contributed by atoms with Gasteiger partial charge in [0.1, 0.15) is 5.65 Å². The van der Waals surface area contributed by atoms with Gasteiger partial charge in [0.2, 0.25) is 0 Å². The number of nitrogens with two attached hydrogens (primary N) is 1. The lowest BCUT2D eigenvalue weighted by Crippen LogP contribution is -2.49. The lowest BCUT2D eigenvalue weighted by atomic mass is 10.0. The Labute approximate surface area is 204 Å². The number of benzene rings is 1. The van der Waals surface area contributed by atoms with Crippen LogP contribution in [0.1, 0.15) is 38.4 Å². The molecule has 1 aliphatic heterocycles. The number of aryl methyl sites for hydroxylation is 1. The molecule has 4 aromatic rings. The van der Waals surface area contributed by atoms with E-state index in [2.05, 4.69) is 50.0 Å². The highest BCUT2D eigenvalue weighted by Gasteiger charge is 2.22. The van der Waals surface area contributed by atoms with Gasteiger partial charge in [0.15, 0.2) is 0 Å². The van der Waals surface area contributed by atoms with E-state index in [9.17, 15) is 4.79 Å². The van der Waals surface area contributed by atoms with Crippen molar-refractivity contribution >= 4 is 44.9 Å². The predicted molar refractivity (Wildman–Crippen MR) is 140 cm³/mol. The first kappa shape index (κ1) is 22.9. The molecule has 9 heteroatoms. The Kier molecular flexibility index (Phi) is 5.72. The maximum Gasteiger partial charge on any atom is 0.318 e. The number of anilines is 2. The second kappa shape index (κ2) is 8.74. The van der Waals surface area contributed by atoms with Crippen LogP contribution in [-0.4, -0.2) is 49.3 Å². The molecule has 0 radical (unpaired) electrons. The molecule has 182 valence electrons. The summed E-state index contributed by atoms with van der Waals surface area (Å²) >= 11 is 0. The molecule has 0 bridgehead atoms. The molecule has 0 unspecified atom stereocenters. The van der Waals surface area contributed by atoms with Gasteiger partial charge in [-0.25, -0.2) is 9.78 Å². The van der Waals surface area contributed by atoms with Gasteiger partial charge >= 0.3 is 6.03 Å². The number of rotatable bonds is 4. The molecule has 5 rings (SSSR count). The van der Waals surface area contributed by atoms with E-state index in [0.29, 0.717) is 19.6 Å². The van der Waals surface area contributed by atoms with E-state index in [4.69, 9.17) is 5.73 Å². The third-order valence-corrected chi connectivity index (χ3v) is 6.27. The van der Waals surface area contributed by atoms with Crippen LogP contribution in [0.25, 0.3) is 27.5 Å². The molecule has 0 fully saturated rings. The fraction of sp³-hybridized carbons (Fsp3) is 0.346. The Morgan fingerprint density at radius 2 is 2.09 bits per heavy atom. The van der Waals surface area contributed by atoms with Crippen molar-refractivity contribution in [2.24, 2.45) is 12.8 Å². The van der Waals surface area contributed by atoms with E-state index >= 15 is 0 Å². The summed E-state index contributed by atoms with van der Waals surface area (Å²) < 4.78 is 1.86. The number of hydrogen-bond acceptors (Lipinski definition) is 5. The number of nitrogens with zero attached hydrogens (tertiary/aromatic N) is 4. The van der Waals surface area contributed by atoms with E-state index in [1.54, 1.807) is 6.20 Å². The number of hydrogen-bond donors (Lipinski definition) is 4. The standard InChI is InChI=1S/C26H32N8O/c1-26(2,3)32-25(35)34-9-6-16(7-10-34)22-13-20-21(5-8-28-24(20)31-22)30-19-11-17(14-27)23-18(12-19)15-29-33(23)4/h5-6,8,11-13,15H,7,9-10,14,27H2,1-4H3,(H,32,35)(H2,28,30,31). The Morgan fingerprint density at radius 3 is 2.80 bits per heavy atom. The lowest BCUT2D eigenvalue weighted by Gasteiger charge is -2.30. The largest absolute Gasteiger partial charge is 0.355 e. The number of H-pyrrole nitrogens is 1. The minimum Gasteiger partial charge on any atom is -0.355 e. The quantitative estimate of drug-likeness (QED) is 0.354. The molecule has 0 saturated heterocycles. The highest BCUT2D eigenvalue weighted by atomic mass is 16.2. The van der Waals surface area contributed by atoms with Gasteiger partial charge in [-0.2, -0.15) is 5.10 Å². The molecular weight excluding hydrogens is 440 g/mol. The first-order chi connectivity index (χ1) is 16.7. The van der Waals surface area contributed by atoms with Crippen molar-refractivity contribution < 1.29 is 4.79 Å². The Balaban J connectivity index is 1.40. The molecule has 0 spiro atoms. The molecule has 0 aliphatic carbocycles. The molecule has 4 heterocycles. The summed E-state index contributed by atoms with van der Waals surface area (Å²) in [6.07, 6.45) is 6.56. The second-order valence-electron chi connectivity index (χ2n) is 10.1. The predicted octanol–water partition coefficient (Wildman–Crippen LogP) is 4.25. The van der Waals surface area contributed by atoms with Crippen LogP contribution in [0.5, 0.6) is 0 Å². The van der Waals surface area contributed by atoms with Crippen LogP contribution < -0.4 is 16.4 Å². The topological polar surface area (TPSA) is 117 Å². The van der Waals surface area contributed by atoms with Crippen molar-refractivity contribution in [3.63, 3.8) is 0 Å². The molecule has 5 N–H and O–H groups in total. The third-order valence-electron chi connectivity index (χ3n) is 6.27. The molecule has 35 heavy (non-hydrogen) atoms. The van der Waals surface area contributed by atoms with Crippen LogP contribution in [-0.2, 0) is 13.6 Å². The summed E-state index contributed by atoms with van der Waals surface area (Å²) in [5, 5.41) is 13.0. The van der Waals surface area contributed by atoms with Gasteiger partial charge in [-0.15, -0.1) is 0 Å². The summed E-state index contributed by atoms with van der Waals surface area (Å²) in [7, 11) is 1.93. The maximum absolute atomic E-state index is 12.5. The van der Waals surface area contributed by atoms with E-state index in [-0.39, 0.29) is 11.6 Å². The number of aromatic amines is 1. The maximum atomic E-state index is 12.5. The molecule has 0 saturated carbocycles. The molecule has 1 aromatic carbocycles. The van der Waals surface area contributed by atoms with Crippen LogP contribution in [0.4, 0.5) is 16.2 Å². The molecular formula is C26H32N8O. The fourth-order valence-corrected chi connectivity index (χ4v) is 4.61. The van der Waals surface area contributed by atoms with E-state index < -0.39 is 0 Å². The fourth-order valence-electron chi connectivity index (χ4n) is 4.61. The van der Waals surface area contributed by atoms with Crippen molar-refractivity contribution in [2.75, 3.05) is 18.4 Å². The lowest BCUT2D eigenvalue weighted by molar-refractivity contribution is 0.193. The molecule has 2 amide bonds. The number of fused-ring (bicyclic) bond motifs is 2. The van der Waals surface area contributed by atoms with Gasteiger partial charge in [-0.05, 0) is 62.6 Å². The van der Waals surface area contributed by atoms with Crippen molar-refractivity contribution in [1.82, 2.24) is 30.0 Å².